The summed E-state index contributed by atoms with van der Waals surface area (Å²) < 4.78 is 45.9. The molecule has 6 nitrogen and oxygen atoms in total. The molecule has 4 aromatic rings. The number of nitrogens with one attached hydrogen (secondary N) is 1. The number of rotatable bonds is 6. The summed E-state index contributed by atoms with van der Waals surface area (Å²) in [4.78, 5) is 17.4. The fourth-order valence-electron chi connectivity index (χ4n) is 4.75. The van der Waals surface area contributed by atoms with Crippen LogP contribution in [0.4, 0.5) is 24.7 Å². The van der Waals surface area contributed by atoms with Crippen molar-refractivity contribution in [2.45, 2.75) is 50.8 Å². The minimum Gasteiger partial charge on any atom is -0.377 e. The number of aromatic nitrogens is 4. The van der Waals surface area contributed by atoms with Crippen LogP contribution in [-0.2, 0) is 17.5 Å². The van der Waals surface area contributed by atoms with E-state index in [-0.39, 0.29) is 17.9 Å². The maximum Gasteiger partial charge on any atom is 0.418 e. The van der Waals surface area contributed by atoms with Crippen molar-refractivity contribution in [1.29, 1.82) is 0 Å². The van der Waals surface area contributed by atoms with Crippen LogP contribution in [0.25, 0.3) is 22.3 Å². The molecule has 9 heteroatoms. The van der Waals surface area contributed by atoms with Crippen molar-refractivity contribution in [3.8, 4) is 11.3 Å². The van der Waals surface area contributed by atoms with Crippen molar-refractivity contribution in [3.05, 3.63) is 71.8 Å². The maximum atomic E-state index is 13.6. The Hall–Kier alpha value is -3.59. The van der Waals surface area contributed by atoms with Gasteiger partial charge in [0.05, 0.1) is 16.8 Å². The average molecular weight is 494 g/mol. The van der Waals surface area contributed by atoms with Crippen LogP contribution >= 0.6 is 0 Å². The number of nitrogens with zero attached hydrogens (tertiary/aromatic N) is 4. The summed E-state index contributed by atoms with van der Waals surface area (Å²) in [6, 6.07) is 12.1. The molecule has 5 rings (SSSR count). The zero-order valence-corrected chi connectivity index (χ0v) is 19.8. The van der Waals surface area contributed by atoms with Gasteiger partial charge in [0.2, 0.25) is 0 Å². The number of pyridine rings is 2. The van der Waals surface area contributed by atoms with Crippen molar-refractivity contribution in [1.82, 2.24) is 19.9 Å². The molecule has 186 valence electrons. The van der Waals surface area contributed by atoms with Gasteiger partial charge in [-0.25, -0.2) is 15.0 Å². The smallest absolute Gasteiger partial charge is 0.377 e. The minimum absolute atomic E-state index is 0.146. The Morgan fingerprint density at radius 1 is 1.00 bits per heavy atom. The van der Waals surface area contributed by atoms with E-state index in [0.29, 0.717) is 28.6 Å². The zero-order chi connectivity index (χ0) is 25.1. The third-order valence-electron chi connectivity index (χ3n) is 6.49. The van der Waals surface area contributed by atoms with Gasteiger partial charge in [0, 0.05) is 30.8 Å². The van der Waals surface area contributed by atoms with Crippen molar-refractivity contribution >= 4 is 22.5 Å². The van der Waals surface area contributed by atoms with Gasteiger partial charge < -0.3 is 10.1 Å². The molecule has 0 amide bonds. The number of anilines is 2. The second-order valence-electron chi connectivity index (χ2n) is 8.99. The molecule has 3 heterocycles. The number of methoxy groups -OCH3 is 1. The lowest BCUT2D eigenvalue weighted by molar-refractivity contribution is -0.137. The van der Waals surface area contributed by atoms with Crippen LogP contribution in [0, 0.1) is 0 Å². The highest BCUT2D eigenvalue weighted by Crippen LogP contribution is 2.37. The van der Waals surface area contributed by atoms with E-state index < -0.39 is 11.7 Å². The molecule has 0 bridgehead atoms. The summed E-state index contributed by atoms with van der Waals surface area (Å²) in [6.07, 6.45) is 4.47. The van der Waals surface area contributed by atoms with Gasteiger partial charge in [-0.15, -0.1) is 0 Å². The monoisotopic (exact) mass is 493 g/mol. The highest BCUT2D eigenvalue weighted by atomic mass is 19.4. The van der Waals surface area contributed by atoms with Crippen LogP contribution in [0.5, 0.6) is 0 Å². The molecule has 0 unspecified atom stereocenters. The van der Waals surface area contributed by atoms with Gasteiger partial charge in [0.15, 0.2) is 11.6 Å². The Balaban J connectivity index is 1.50. The van der Waals surface area contributed by atoms with Gasteiger partial charge in [0.25, 0.3) is 0 Å². The number of halogens is 3. The first kappa shape index (κ1) is 24.1. The number of benzene rings is 1. The highest BCUT2D eigenvalue weighted by Gasteiger charge is 2.34. The van der Waals surface area contributed by atoms with Gasteiger partial charge in [-0.1, -0.05) is 31.4 Å². The standard InChI is InChI=1S/C27H26F3N5O/c1-36-16-23-34-22-14-19(24-21(27(28,29)30)8-5-13-31-24)15-32-25(22)26(35-23)33-20-11-9-18(10-12-20)17-6-3-2-4-7-17/h5,8-15,17H,2-4,6-7,16H2,1H3,(H,33,34,35). The Bertz CT molecular complexity index is 1350. The van der Waals surface area contributed by atoms with E-state index in [0.717, 1.165) is 11.8 Å². The largest absolute Gasteiger partial charge is 0.418 e. The summed E-state index contributed by atoms with van der Waals surface area (Å²) >= 11 is 0. The van der Waals surface area contributed by atoms with E-state index in [1.807, 2.05) is 12.1 Å². The number of hydrogen-bond acceptors (Lipinski definition) is 6. The molecule has 0 atom stereocenters. The molecule has 0 radical (unpaired) electrons. The fraction of sp³-hybridized carbons (Fsp3) is 0.333. The lowest BCUT2D eigenvalue weighted by Crippen LogP contribution is -2.09. The minimum atomic E-state index is -4.54. The van der Waals surface area contributed by atoms with Gasteiger partial charge in [-0.3, -0.25) is 4.98 Å². The van der Waals surface area contributed by atoms with Gasteiger partial charge in [-0.05, 0) is 54.7 Å². The molecule has 3 aromatic heterocycles. The van der Waals surface area contributed by atoms with E-state index in [1.54, 1.807) is 6.07 Å². The molecule has 0 saturated heterocycles. The van der Waals surface area contributed by atoms with E-state index >= 15 is 0 Å². The first-order valence-corrected chi connectivity index (χ1v) is 12.0. The van der Waals surface area contributed by atoms with E-state index in [2.05, 4.69) is 37.4 Å². The first-order chi connectivity index (χ1) is 17.4. The third kappa shape index (κ3) is 5.16. The van der Waals surface area contributed by atoms with Crippen molar-refractivity contribution in [2.24, 2.45) is 0 Å². The normalized spacial score (nSPS) is 14.8. The average Bonchev–Trinajstić information content (AvgIpc) is 2.89. The van der Waals surface area contributed by atoms with Crippen LogP contribution < -0.4 is 5.32 Å². The molecular formula is C27H26F3N5O. The lowest BCUT2D eigenvalue weighted by Gasteiger charge is -2.22. The summed E-state index contributed by atoms with van der Waals surface area (Å²) in [5.41, 5.74) is 2.22. The fourth-order valence-corrected chi connectivity index (χ4v) is 4.75. The summed E-state index contributed by atoms with van der Waals surface area (Å²) in [6.45, 7) is 0.146. The quantitative estimate of drug-likeness (QED) is 0.310. The molecule has 36 heavy (non-hydrogen) atoms. The summed E-state index contributed by atoms with van der Waals surface area (Å²) in [5.74, 6) is 1.46. The van der Waals surface area contributed by atoms with E-state index in [4.69, 9.17) is 4.74 Å². The van der Waals surface area contributed by atoms with Gasteiger partial charge >= 0.3 is 6.18 Å². The maximum absolute atomic E-state index is 13.6. The van der Waals surface area contributed by atoms with Crippen molar-refractivity contribution in [2.75, 3.05) is 12.4 Å². The first-order valence-electron chi connectivity index (χ1n) is 12.0. The number of fused-ring (bicyclic) bond motifs is 1. The lowest BCUT2D eigenvalue weighted by atomic mass is 9.84. The Labute approximate surface area is 207 Å². The molecule has 1 aliphatic rings. The molecular weight excluding hydrogens is 467 g/mol. The Kier molecular flexibility index (Phi) is 6.82. The number of ether oxygens (including phenoxy) is 1. The van der Waals surface area contributed by atoms with Gasteiger partial charge in [0.1, 0.15) is 12.1 Å². The Morgan fingerprint density at radius 3 is 2.50 bits per heavy atom. The second-order valence-corrected chi connectivity index (χ2v) is 8.99. The van der Waals surface area contributed by atoms with Crippen LogP contribution in [0.2, 0.25) is 0 Å². The molecule has 1 fully saturated rings. The van der Waals surface area contributed by atoms with Crippen LogP contribution in [0.3, 0.4) is 0 Å². The summed E-state index contributed by atoms with van der Waals surface area (Å²) in [7, 11) is 1.53. The SMILES string of the molecule is COCc1nc(Nc2ccc(C3CCCCC3)cc2)c2ncc(-c3ncccc3C(F)(F)F)cc2n1. The van der Waals surface area contributed by atoms with Crippen molar-refractivity contribution in [3.63, 3.8) is 0 Å². The number of alkyl halides is 3. The summed E-state index contributed by atoms with van der Waals surface area (Å²) in [5, 5.41) is 3.31. The molecule has 1 aromatic carbocycles. The molecule has 0 aliphatic heterocycles. The van der Waals surface area contributed by atoms with Crippen LogP contribution in [-0.4, -0.2) is 27.0 Å². The third-order valence-corrected chi connectivity index (χ3v) is 6.49. The van der Waals surface area contributed by atoms with E-state index in [1.165, 1.54) is 63.2 Å². The zero-order valence-electron chi connectivity index (χ0n) is 19.8. The molecule has 1 aliphatic carbocycles. The topological polar surface area (TPSA) is 72.8 Å². The number of hydrogen-bond donors (Lipinski definition) is 1. The Morgan fingerprint density at radius 2 is 1.78 bits per heavy atom. The second kappa shape index (κ2) is 10.2. The highest BCUT2D eigenvalue weighted by molar-refractivity contribution is 5.89. The van der Waals surface area contributed by atoms with Gasteiger partial charge in [-0.2, -0.15) is 13.2 Å². The van der Waals surface area contributed by atoms with Crippen LogP contribution in [0.1, 0.15) is 55.0 Å². The molecule has 1 saturated carbocycles. The predicted octanol–water partition coefficient (Wildman–Crippen LogP) is 7.04. The molecule has 1 N–H and O–H groups in total. The van der Waals surface area contributed by atoms with E-state index in [9.17, 15) is 13.2 Å². The van der Waals surface area contributed by atoms with Crippen LogP contribution in [0.15, 0.2) is 54.9 Å². The van der Waals surface area contributed by atoms with Crippen molar-refractivity contribution < 1.29 is 17.9 Å². The predicted molar refractivity (Wildman–Crippen MR) is 132 cm³/mol. The molecule has 0 spiro atoms.